The van der Waals surface area contributed by atoms with Gasteiger partial charge in [-0.25, -0.2) is 4.79 Å². The first-order valence-electron chi connectivity index (χ1n) is 17.6. The fraction of sp³-hybridized carbons (Fsp3) is 0.914. The van der Waals surface area contributed by atoms with E-state index in [0.29, 0.717) is 25.7 Å². The molecule has 2 aliphatic heterocycles. The molecule has 1 saturated heterocycles. The molecule has 1 fully saturated rings. The second-order valence-electron chi connectivity index (χ2n) is 13.1. The Bertz CT molecular complexity index is 726. The summed E-state index contributed by atoms with van der Waals surface area (Å²) in [5.74, 6) is -0.305. The second kappa shape index (κ2) is 22.5. The van der Waals surface area contributed by atoms with Gasteiger partial charge in [0.05, 0.1) is 36.6 Å². The normalized spacial score (nSPS) is 23.5. The predicted molar refractivity (Wildman–Crippen MR) is 168 cm³/mol. The van der Waals surface area contributed by atoms with Gasteiger partial charge in [-0.1, -0.05) is 103 Å². The van der Waals surface area contributed by atoms with Gasteiger partial charge in [0.15, 0.2) is 0 Å². The molecule has 0 bridgehead atoms. The van der Waals surface area contributed by atoms with Gasteiger partial charge in [-0.3, -0.25) is 0 Å². The first kappa shape index (κ1) is 37.2. The SMILES string of the molecule is CCCCCCCCCCCC[C@@H](O)[C@H](O)CC[C@H](O)[C@@H]1CC[C@@H](CCCCCCC[C@@H](O)CC2=CC(=O)O[C@H]2C)O1. The number of cyclic esters (lactones) is 1. The molecule has 7 heteroatoms. The van der Waals surface area contributed by atoms with Gasteiger partial charge in [-0.05, 0) is 63.9 Å². The van der Waals surface area contributed by atoms with E-state index in [2.05, 4.69) is 6.92 Å². The summed E-state index contributed by atoms with van der Waals surface area (Å²) in [5, 5.41) is 41.6. The van der Waals surface area contributed by atoms with E-state index in [9.17, 15) is 25.2 Å². The summed E-state index contributed by atoms with van der Waals surface area (Å²) in [6.07, 6.45) is 22.4. The third-order valence-corrected chi connectivity index (χ3v) is 9.28. The van der Waals surface area contributed by atoms with Crippen LogP contribution in [0, 0.1) is 0 Å². The topological polar surface area (TPSA) is 116 Å². The number of aliphatic hydroxyl groups excluding tert-OH is 4. The summed E-state index contributed by atoms with van der Waals surface area (Å²) in [4.78, 5) is 11.3. The molecule has 42 heavy (non-hydrogen) atoms. The molecule has 0 amide bonds. The molecule has 0 aromatic heterocycles. The van der Waals surface area contributed by atoms with Crippen molar-refractivity contribution in [3.63, 3.8) is 0 Å². The van der Waals surface area contributed by atoms with E-state index in [1.54, 1.807) is 0 Å². The largest absolute Gasteiger partial charge is 0.455 e. The van der Waals surface area contributed by atoms with Crippen LogP contribution in [0.5, 0.6) is 0 Å². The van der Waals surface area contributed by atoms with Crippen molar-refractivity contribution in [3.05, 3.63) is 11.6 Å². The molecule has 2 rings (SSSR count). The summed E-state index contributed by atoms with van der Waals surface area (Å²) in [7, 11) is 0. The van der Waals surface area contributed by atoms with E-state index in [0.717, 1.165) is 76.2 Å². The van der Waals surface area contributed by atoms with Crippen LogP contribution in [0.25, 0.3) is 0 Å². The molecule has 0 spiro atoms. The molecule has 0 radical (unpaired) electrons. The maximum atomic E-state index is 11.3. The van der Waals surface area contributed by atoms with E-state index in [1.165, 1.54) is 57.4 Å². The van der Waals surface area contributed by atoms with Crippen molar-refractivity contribution in [1.82, 2.24) is 0 Å². The highest BCUT2D eigenvalue weighted by molar-refractivity contribution is 5.85. The lowest BCUT2D eigenvalue weighted by molar-refractivity contribution is -0.138. The molecule has 0 aromatic rings. The number of carbonyl (C=O) groups excluding carboxylic acids is 1. The van der Waals surface area contributed by atoms with Crippen molar-refractivity contribution < 1.29 is 34.7 Å². The van der Waals surface area contributed by atoms with Gasteiger partial charge in [0, 0.05) is 6.08 Å². The molecule has 2 heterocycles. The summed E-state index contributed by atoms with van der Waals surface area (Å²) >= 11 is 0. The monoisotopic (exact) mass is 596 g/mol. The fourth-order valence-electron chi connectivity index (χ4n) is 6.42. The van der Waals surface area contributed by atoms with Gasteiger partial charge in [0.25, 0.3) is 0 Å². The van der Waals surface area contributed by atoms with Gasteiger partial charge in [0.1, 0.15) is 6.10 Å². The average Bonchev–Trinajstić information content (AvgIpc) is 3.57. The first-order chi connectivity index (χ1) is 20.3. The Morgan fingerprint density at radius 1 is 0.738 bits per heavy atom. The van der Waals surface area contributed by atoms with Gasteiger partial charge in [0.2, 0.25) is 0 Å². The molecule has 4 N–H and O–H groups in total. The fourth-order valence-corrected chi connectivity index (χ4v) is 6.42. The molecule has 0 aliphatic carbocycles. The zero-order valence-electron chi connectivity index (χ0n) is 26.9. The highest BCUT2D eigenvalue weighted by Crippen LogP contribution is 2.28. The lowest BCUT2D eigenvalue weighted by Gasteiger charge is -2.22. The Morgan fingerprint density at radius 3 is 1.93 bits per heavy atom. The van der Waals surface area contributed by atoms with Crippen LogP contribution < -0.4 is 0 Å². The van der Waals surface area contributed by atoms with Crippen LogP contribution in [-0.2, 0) is 14.3 Å². The van der Waals surface area contributed by atoms with Crippen molar-refractivity contribution in [2.24, 2.45) is 0 Å². The average molecular weight is 597 g/mol. The highest BCUT2D eigenvalue weighted by atomic mass is 16.5. The predicted octanol–water partition coefficient (Wildman–Crippen LogP) is 7.06. The third kappa shape index (κ3) is 16.2. The van der Waals surface area contributed by atoms with Crippen molar-refractivity contribution in [2.45, 2.75) is 204 Å². The summed E-state index contributed by atoms with van der Waals surface area (Å²) in [5.41, 5.74) is 0.890. The molecule has 0 aromatic carbocycles. The smallest absolute Gasteiger partial charge is 0.331 e. The minimum atomic E-state index is -0.780. The number of rotatable bonds is 26. The second-order valence-corrected chi connectivity index (χ2v) is 13.1. The van der Waals surface area contributed by atoms with E-state index in [-0.39, 0.29) is 24.3 Å². The van der Waals surface area contributed by atoms with Crippen LogP contribution >= 0.6 is 0 Å². The van der Waals surface area contributed by atoms with Crippen LogP contribution in [0.2, 0.25) is 0 Å². The van der Waals surface area contributed by atoms with E-state index in [4.69, 9.17) is 9.47 Å². The number of carbonyl (C=O) groups is 1. The van der Waals surface area contributed by atoms with Crippen LogP contribution in [0.15, 0.2) is 11.6 Å². The number of unbranched alkanes of at least 4 members (excludes halogenated alkanes) is 13. The quantitative estimate of drug-likeness (QED) is 0.0624. The Labute approximate surface area is 256 Å². The Hall–Kier alpha value is -0.990. The molecular formula is C35H64O7. The van der Waals surface area contributed by atoms with Crippen LogP contribution in [0.3, 0.4) is 0 Å². The van der Waals surface area contributed by atoms with Crippen molar-refractivity contribution in [1.29, 1.82) is 0 Å². The summed E-state index contributed by atoms with van der Waals surface area (Å²) in [6.45, 7) is 4.09. The van der Waals surface area contributed by atoms with Gasteiger partial charge < -0.3 is 29.9 Å². The Morgan fingerprint density at radius 2 is 1.31 bits per heavy atom. The molecule has 0 unspecified atom stereocenters. The maximum absolute atomic E-state index is 11.3. The van der Waals surface area contributed by atoms with E-state index in [1.807, 2.05) is 6.92 Å². The van der Waals surface area contributed by atoms with Crippen molar-refractivity contribution >= 4 is 5.97 Å². The minimum Gasteiger partial charge on any atom is -0.455 e. The molecular weight excluding hydrogens is 532 g/mol. The Kier molecular flexibility index (Phi) is 19.9. The van der Waals surface area contributed by atoms with E-state index < -0.39 is 24.4 Å². The van der Waals surface area contributed by atoms with Crippen molar-refractivity contribution in [2.75, 3.05) is 0 Å². The number of esters is 1. The minimum absolute atomic E-state index is 0.166. The van der Waals surface area contributed by atoms with Crippen molar-refractivity contribution in [3.8, 4) is 0 Å². The van der Waals surface area contributed by atoms with Crippen LogP contribution in [-0.4, -0.2) is 69.1 Å². The molecule has 246 valence electrons. The molecule has 2 aliphatic rings. The molecule has 7 nitrogen and oxygen atoms in total. The number of aliphatic hydroxyl groups is 4. The standard InChI is InChI=1S/C35H64O7/c1-3-4-5-6-7-8-9-10-14-17-20-31(37)32(38)22-23-33(39)34-24-21-30(42-34)19-16-13-11-12-15-18-29(36)25-28-26-35(40)41-27(28)2/h26-27,29-34,36-39H,3-25H2,1-2H3/t27-,29+,30+,31+,32+,33-,34-/m0/s1. The lowest BCUT2D eigenvalue weighted by Crippen LogP contribution is -2.31. The maximum Gasteiger partial charge on any atom is 0.331 e. The highest BCUT2D eigenvalue weighted by Gasteiger charge is 2.31. The van der Waals surface area contributed by atoms with Crippen LogP contribution in [0.1, 0.15) is 162 Å². The number of ether oxygens (including phenoxy) is 2. The zero-order chi connectivity index (χ0) is 30.6. The van der Waals surface area contributed by atoms with E-state index >= 15 is 0 Å². The van der Waals surface area contributed by atoms with Gasteiger partial charge >= 0.3 is 5.97 Å². The molecule has 7 atom stereocenters. The Balaban J connectivity index is 1.42. The van der Waals surface area contributed by atoms with Gasteiger partial charge in [-0.15, -0.1) is 0 Å². The summed E-state index contributed by atoms with van der Waals surface area (Å²) in [6, 6.07) is 0. The number of hydrogen-bond donors (Lipinski definition) is 4. The zero-order valence-corrected chi connectivity index (χ0v) is 26.9. The third-order valence-electron chi connectivity index (χ3n) is 9.28. The number of hydrogen-bond acceptors (Lipinski definition) is 7. The first-order valence-corrected chi connectivity index (χ1v) is 17.6. The summed E-state index contributed by atoms with van der Waals surface area (Å²) < 4.78 is 11.2. The van der Waals surface area contributed by atoms with Crippen LogP contribution in [0.4, 0.5) is 0 Å². The molecule has 0 saturated carbocycles. The van der Waals surface area contributed by atoms with Gasteiger partial charge in [-0.2, -0.15) is 0 Å². The lowest BCUT2D eigenvalue weighted by atomic mass is 9.97.